The Labute approximate surface area is 266 Å². The zero-order valence-electron chi connectivity index (χ0n) is 31.0. The third-order valence-corrected chi connectivity index (χ3v) is 9.06. The molecule has 1 saturated heterocycles. The largest absolute Gasteiger partial charge is 0.349 e. The van der Waals surface area contributed by atoms with Crippen LogP contribution in [0.15, 0.2) is 0 Å². The van der Waals surface area contributed by atoms with Crippen LogP contribution in [0.5, 0.6) is 0 Å². The van der Waals surface area contributed by atoms with Gasteiger partial charge in [0.1, 0.15) is 0 Å². The zero-order chi connectivity index (χ0) is 32.6. The van der Waals surface area contributed by atoms with Gasteiger partial charge in [-0.3, -0.25) is 0 Å². The van der Waals surface area contributed by atoms with Gasteiger partial charge in [0.25, 0.3) is 0 Å². The van der Waals surface area contributed by atoms with Crippen molar-refractivity contribution < 1.29 is 0 Å². The Morgan fingerprint density at radius 1 is 0.698 bits per heavy atom. The fraction of sp³-hybridized carbons (Fsp3) is 0.917. The summed E-state index contributed by atoms with van der Waals surface area (Å²) in [6, 6.07) is 0.754. The summed E-state index contributed by atoms with van der Waals surface area (Å²) in [6.07, 6.45) is 8.79. The standard InChI is InChI=1S/C36H69N7/c1-16-18-42(26-20-32(6,7)25-33(8,9)21-26)29-37-28(40-36(14,15)24-31(3,4)5)38-30(39-29)43(19-17-2)27-22-34(10,11)41-35(12,13)23-27/h26-27,41H,16-25H2,1-15H3,(H,37,38,39,40). The lowest BCUT2D eigenvalue weighted by molar-refractivity contribution is 0.0947. The van der Waals surface area contributed by atoms with Gasteiger partial charge in [0, 0.05) is 41.8 Å². The van der Waals surface area contributed by atoms with Crippen LogP contribution >= 0.6 is 0 Å². The molecule has 0 radical (unpaired) electrons. The molecule has 248 valence electrons. The first-order valence-electron chi connectivity index (χ1n) is 17.3. The number of aromatic nitrogens is 3. The van der Waals surface area contributed by atoms with E-state index in [0.29, 0.717) is 18.0 Å². The molecule has 1 saturated carbocycles. The van der Waals surface area contributed by atoms with E-state index in [1.165, 1.54) is 6.42 Å². The van der Waals surface area contributed by atoms with Crippen LogP contribution in [-0.4, -0.2) is 56.7 Å². The Morgan fingerprint density at radius 2 is 1.12 bits per heavy atom. The summed E-state index contributed by atoms with van der Waals surface area (Å²) >= 11 is 0. The number of hydrogen-bond donors (Lipinski definition) is 2. The third kappa shape index (κ3) is 10.5. The smallest absolute Gasteiger partial charge is 0.232 e. The molecule has 1 aliphatic heterocycles. The molecule has 0 atom stereocenters. The van der Waals surface area contributed by atoms with Crippen LogP contribution in [-0.2, 0) is 0 Å². The molecule has 2 heterocycles. The van der Waals surface area contributed by atoms with E-state index in [-0.39, 0.29) is 32.9 Å². The van der Waals surface area contributed by atoms with Crippen molar-refractivity contribution >= 4 is 17.8 Å². The van der Waals surface area contributed by atoms with Gasteiger partial charge in [0.2, 0.25) is 17.8 Å². The van der Waals surface area contributed by atoms with E-state index in [1.807, 2.05) is 0 Å². The van der Waals surface area contributed by atoms with Crippen LogP contribution < -0.4 is 20.4 Å². The minimum atomic E-state index is -0.160. The van der Waals surface area contributed by atoms with Crippen LogP contribution in [0.3, 0.4) is 0 Å². The molecular weight excluding hydrogens is 530 g/mol. The topological polar surface area (TPSA) is 69.2 Å². The Balaban J connectivity index is 2.15. The van der Waals surface area contributed by atoms with Gasteiger partial charge >= 0.3 is 0 Å². The van der Waals surface area contributed by atoms with Gasteiger partial charge < -0.3 is 20.4 Å². The molecule has 7 nitrogen and oxygen atoms in total. The average molecular weight is 600 g/mol. The first kappa shape index (κ1) is 35.8. The fourth-order valence-corrected chi connectivity index (χ4v) is 9.21. The highest BCUT2D eigenvalue weighted by Crippen LogP contribution is 2.48. The van der Waals surface area contributed by atoms with Gasteiger partial charge in [0.05, 0.1) is 0 Å². The van der Waals surface area contributed by atoms with E-state index in [2.05, 4.69) is 124 Å². The second-order valence-electron chi connectivity index (χ2n) is 18.9. The Bertz CT molecular complexity index is 968. The molecule has 2 N–H and O–H groups in total. The highest BCUT2D eigenvalue weighted by atomic mass is 15.4. The number of hydrogen-bond acceptors (Lipinski definition) is 7. The molecular formula is C36H69N7. The first-order valence-corrected chi connectivity index (χ1v) is 17.3. The summed E-state index contributed by atoms with van der Waals surface area (Å²) in [4.78, 5) is 20.9. The number of nitrogens with one attached hydrogen (secondary N) is 2. The lowest BCUT2D eigenvalue weighted by atomic mass is 9.63. The summed E-state index contributed by atoms with van der Waals surface area (Å²) in [5, 5.41) is 7.67. The first-order chi connectivity index (χ1) is 19.4. The van der Waals surface area contributed by atoms with Crippen molar-refractivity contribution in [3.63, 3.8) is 0 Å². The molecule has 0 unspecified atom stereocenters. The molecule has 1 aliphatic carbocycles. The van der Waals surface area contributed by atoms with Crippen molar-refractivity contribution in [3.8, 4) is 0 Å². The molecule has 0 amide bonds. The van der Waals surface area contributed by atoms with Crippen LogP contribution in [0.4, 0.5) is 17.8 Å². The second-order valence-corrected chi connectivity index (χ2v) is 18.9. The van der Waals surface area contributed by atoms with E-state index in [4.69, 9.17) is 15.0 Å². The Kier molecular flexibility index (Phi) is 10.5. The summed E-state index contributed by atoms with van der Waals surface area (Å²) in [6.45, 7) is 37.0. The molecule has 1 aromatic rings. The predicted octanol–water partition coefficient (Wildman–Crippen LogP) is 8.85. The molecule has 3 rings (SSSR count). The predicted molar refractivity (Wildman–Crippen MR) is 186 cm³/mol. The normalized spacial score (nSPS) is 22.3. The molecule has 0 aromatic carbocycles. The monoisotopic (exact) mass is 600 g/mol. The fourth-order valence-electron chi connectivity index (χ4n) is 9.21. The van der Waals surface area contributed by atoms with Crippen LogP contribution in [0.25, 0.3) is 0 Å². The van der Waals surface area contributed by atoms with Crippen LogP contribution in [0, 0.1) is 16.2 Å². The summed E-state index contributed by atoms with van der Waals surface area (Å²) in [7, 11) is 0. The molecule has 0 bridgehead atoms. The van der Waals surface area contributed by atoms with Crippen molar-refractivity contribution in [3.05, 3.63) is 0 Å². The SMILES string of the molecule is CCCN(c1nc(NC(C)(C)CC(C)(C)C)nc(N(CCC)C2CC(C)(C)NC(C)(C)C2)n1)C1CC(C)(C)CC(C)(C)C1. The van der Waals surface area contributed by atoms with E-state index in [9.17, 15) is 0 Å². The highest BCUT2D eigenvalue weighted by Gasteiger charge is 2.43. The van der Waals surface area contributed by atoms with Crippen molar-refractivity contribution in [2.24, 2.45) is 16.2 Å². The molecule has 2 aliphatic rings. The van der Waals surface area contributed by atoms with Crippen molar-refractivity contribution in [2.75, 3.05) is 28.2 Å². The summed E-state index contributed by atoms with van der Waals surface area (Å²) < 4.78 is 0. The summed E-state index contributed by atoms with van der Waals surface area (Å²) in [5.74, 6) is 2.38. The number of piperidine rings is 1. The van der Waals surface area contributed by atoms with Crippen LogP contribution in [0.1, 0.15) is 155 Å². The van der Waals surface area contributed by atoms with Gasteiger partial charge in [-0.25, -0.2) is 0 Å². The van der Waals surface area contributed by atoms with E-state index in [0.717, 1.165) is 69.9 Å². The number of rotatable bonds is 11. The lowest BCUT2D eigenvalue weighted by Crippen LogP contribution is -2.62. The van der Waals surface area contributed by atoms with Crippen LogP contribution in [0.2, 0.25) is 0 Å². The van der Waals surface area contributed by atoms with Gasteiger partial charge in [-0.15, -0.1) is 0 Å². The van der Waals surface area contributed by atoms with E-state index >= 15 is 0 Å². The number of nitrogens with zero attached hydrogens (tertiary/aromatic N) is 5. The van der Waals surface area contributed by atoms with E-state index in [1.54, 1.807) is 0 Å². The van der Waals surface area contributed by atoms with Crippen molar-refractivity contribution in [1.82, 2.24) is 20.3 Å². The maximum absolute atomic E-state index is 5.39. The molecule has 0 spiro atoms. The molecule has 7 heteroatoms. The van der Waals surface area contributed by atoms with E-state index < -0.39 is 0 Å². The second kappa shape index (κ2) is 12.6. The Morgan fingerprint density at radius 3 is 1.51 bits per heavy atom. The Hall–Kier alpha value is -1.63. The number of anilines is 3. The van der Waals surface area contributed by atoms with Crippen molar-refractivity contribution in [2.45, 2.75) is 184 Å². The molecule has 43 heavy (non-hydrogen) atoms. The van der Waals surface area contributed by atoms with Crippen molar-refractivity contribution in [1.29, 1.82) is 0 Å². The minimum absolute atomic E-state index is 0.0392. The third-order valence-electron chi connectivity index (χ3n) is 9.06. The average Bonchev–Trinajstić information content (AvgIpc) is 2.74. The van der Waals surface area contributed by atoms with Gasteiger partial charge in [0.15, 0.2) is 0 Å². The maximum Gasteiger partial charge on any atom is 0.232 e. The van der Waals surface area contributed by atoms with Gasteiger partial charge in [-0.1, -0.05) is 62.3 Å². The highest BCUT2D eigenvalue weighted by molar-refractivity contribution is 5.48. The maximum atomic E-state index is 5.39. The quantitative estimate of drug-likeness (QED) is 0.263. The lowest BCUT2D eigenvalue weighted by Gasteiger charge is -2.50. The molecule has 1 aromatic heterocycles. The van der Waals surface area contributed by atoms with Gasteiger partial charge in [-0.05, 0) is 109 Å². The minimum Gasteiger partial charge on any atom is -0.349 e. The summed E-state index contributed by atoms with van der Waals surface area (Å²) in [5.41, 5.74) is 0.667. The zero-order valence-corrected chi connectivity index (χ0v) is 31.0. The molecule has 2 fully saturated rings. The van der Waals surface area contributed by atoms with Gasteiger partial charge in [-0.2, -0.15) is 15.0 Å².